The van der Waals surface area contributed by atoms with Crippen molar-refractivity contribution in [2.24, 2.45) is 0 Å². The van der Waals surface area contributed by atoms with Gasteiger partial charge in [-0.05, 0) is 36.2 Å². The van der Waals surface area contributed by atoms with Gasteiger partial charge in [0.1, 0.15) is 5.75 Å². The minimum absolute atomic E-state index is 0.00258. The Balaban J connectivity index is 1.62. The number of carbonyl (C=O) groups is 1. The molecule has 0 bridgehead atoms. The second-order valence-electron chi connectivity index (χ2n) is 5.95. The van der Waals surface area contributed by atoms with Crippen LogP contribution in [0.5, 0.6) is 5.75 Å². The Bertz CT molecular complexity index is 700. The van der Waals surface area contributed by atoms with Crippen molar-refractivity contribution < 1.29 is 9.53 Å². The molecule has 1 N–H and O–H groups in total. The molecule has 24 heavy (non-hydrogen) atoms. The molecule has 126 valence electrons. The molecule has 0 radical (unpaired) electrons. The molecule has 1 aliphatic heterocycles. The predicted octanol–water partition coefficient (Wildman–Crippen LogP) is 3.21. The quantitative estimate of drug-likeness (QED) is 0.905. The van der Waals surface area contributed by atoms with E-state index >= 15 is 0 Å². The van der Waals surface area contributed by atoms with E-state index in [2.05, 4.69) is 5.32 Å². The first kappa shape index (κ1) is 16.8. The molecule has 1 fully saturated rings. The highest BCUT2D eigenvalue weighted by molar-refractivity contribution is 6.32. The third kappa shape index (κ3) is 3.89. The fraction of sp³-hybridized carbons (Fsp3) is 0.316. The van der Waals surface area contributed by atoms with Gasteiger partial charge in [0.05, 0.1) is 5.02 Å². The van der Waals surface area contributed by atoms with Crippen molar-refractivity contribution in [3.05, 3.63) is 53.6 Å². The Morgan fingerprint density at radius 3 is 2.71 bits per heavy atom. The SMILES string of the molecule is CN(C(=O)COc1ccc(-c2ccccc2)cc1Cl)C1CCNC1. The zero-order chi connectivity index (χ0) is 16.9. The van der Waals surface area contributed by atoms with Crippen molar-refractivity contribution >= 4 is 17.5 Å². The summed E-state index contributed by atoms with van der Waals surface area (Å²) < 4.78 is 5.63. The summed E-state index contributed by atoms with van der Waals surface area (Å²) in [7, 11) is 1.82. The van der Waals surface area contributed by atoms with E-state index in [1.165, 1.54) is 0 Å². The lowest BCUT2D eigenvalue weighted by Gasteiger charge is -2.23. The maximum absolute atomic E-state index is 12.2. The van der Waals surface area contributed by atoms with Gasteiger partial charge in [-0.3, -0.25) is 4.79 Å². The summed E-state index contributed by atoms with van der Waals surface area (Å²) in [4.78, 5) is 14.0. The highest BCUT2D eigenvalue weighted by Crippen LogP contribution is 2.30. The third-order valence-corrected chi connectivity index (χ3v) is 4.66. The molecule has 1 unspecified atom stereocenters. The predicted molar refractivity (Wildman–Crippen MR) is 96.4 cm³/mol. The molecule has 1 amide bonds. The van der Waals surface area contributed by atoms with Crippen molar-refractivity contribution in [1.29, 1.82) is 0 Å². The monoisotopic (exact) mass is 344 g/mol. The van der Waals surface area contributed by atoms with Crippen LogP contribution in [-0.4, -0.2) is 43.6 Å². The maximum atomic E-state index is 12.2. The molecule has 4 nitrogen and oxygen atoms in total. The topological polar surface area (TPSA) is 41.6 Å². The van der Waals surface area contributed by atoms with Crippen LogP contribution in [0, 0.1) is 0 Å². The number of nitrogens with zero attached hydrogens (tertiary/aromatic N) is 1. The van der Waals surface area contributed by atoms with E-state index in [9.17, 15) is 4.79 Å². The molecular weight excluding hydrogens is 324 g/mol. The van der Waals surface area contributed by atoms with Crippen LogP contribution >= 0.6 is 11.6 Å². The Hall–Kier alpha value is -2.04. The van der Waals surface area contributed by atoms with Crippen LogP contribution in [0.25, 0.3) is 11.1 Å². The minimum atomic E-state index is -0.0353. The second kappa shape index (κ2) is 7.69. The Morgan fingerprint density at radius 2 is 2.04 bits per heavy atom. The van der Waals surface area contributed by atoms with Gasteiger partial charge in [0.2, 0.25) is 0 Å². The first-order valence-corrected chi connectivity index (χ1v) is 8.47. The van der Waals surface area contributed by atoms with Crippen molar-refractivity contribution in [3.63, 3.8) is 0 Å². The van der Waals surface area contributed by atoms with Crippen molar-refractivity contribution in [3.8, 4) is 16.9 Å². The number of hydrogen-bond donors (Lipinski definition) is 1. The van der Waals surface area contributed by atoms with Gasteiger partial charge in [-0.15, -0.1) is 0 Å². The summed E-state index contributed by atoms with van der Waals surface area (Å²) >= 11 is 6.31. The van der Waals surface area contributed by atoms with Gasteiger partial charge < -0.3 is 15.0 Å². The highest BCUT2D eigenvalue weighted by Gasteiger charge is 2.23. The smallest absolute Gasteiger partial charge is 0.260 e. The van der Waals surface area contributed by atoms with Crippen LogP contribution in [-0.2, 0) is 4.79 Å². The molecule has 1 heterocycles. The van der Waals surface area contributed by atoms with E-state index in [-0.39, 0.29) is 18.6 Å². The Morgan fingerprint density at radius 1 is 1.25 bits per heavy atom. The Kier molecular flexibility index (Phi) is 5.38. The fourth-order valence-corrected chi connectivity index (χ4v) is 3.08. The van der Waals surface area contributed by atoms with Crippen LogP contribution in [0.4, 0.5) is 0 Å². The molecule has 0 spiro atoms. The molecule has 0 aliphatic carbocycles. The van der Waals surface area contributed by atoms with Crippen molar-refractivity contribution in [1.82, 2.24) is 10.2 Å². The first-order valence-electron chi connectivity index (χ1n) is 8.09. The van der Waals surface area contributed by atoms with E-state index in [1.807, 2.05) is 55.6 Å². The van der Waals surface area contributed by atoms with Gasteiger partial charge in [0.25, 0.3) is 5.91 Å². The van der Waals surface area contributed by atoms with Gasteiger partial charge in [0.15, 0.2) is 6.61 Å². The number of rotatable bonds is 5. The average Bonchev–Trinajstić information content (AvgIpc) is 3.15. The number of halogens is 1. The summed E-state index contributed by atoms with van der Waals surface area (Å²) in [5.74, 6) is 0.495. The van der Waals surface area contributed by atoms with Gasteiger partial charge in [-0.2, -0.15) is 0 Å². The molecule has 1 atom stereocenters. The normalized spacial score (nSPS) is 16.8. The van der Waals surface area contributed by atoms with Gasteiger partial charge in [-0.1, -0.05) is 48.0 Å². The van der Waals surface area contributed by atoms with Crippen LogP contribution in [0.2, 0.25) is 5.02 Å². The number of nitrogens with one attached hydrogen (secondary N) is 1. The zero-order valence-electron chi connectivity index (χ0n) is 13.7. The fourth-order valence-electron chi connectivity index (χ4n) is 2.84. The second-order valence-corrected chi connectivity index (χ2v) is 6.36. The van der Waals surface area contributed by atoms with Crippen LogP contribution in [0.3, 0.4) is 0 Å². The first-order chi connectivity index (χ1) is 11.6. The summed E-state index contributed by atoms with van der Waals surface area (Å²) in [5.41, 5.74) is 2.11. The van der Waals surface area contributed by atoms with Crippen LogP contribution < -0.4 is 10.1 Å². The largest absolute Gasteiger partial charge is 0.482 e. The molecule has 0 aromatic heterocycles. The third-order valence-electron chi connectivity index (χ3n) is 4.37. The Labute approximate surface area is 147 Å². The lowest BCUT2D eigenvalue weighted by atomic mass is 10.1. The van der Waals surface area contributed by atoms with Crippen molar-refractivity contribution in [2.75, 3.05) is 26.7 Å². The molecule has 1 saturated heterocycles. The number of ether oxygens (including phenoxy) is 1. The molecule has 1 aliphatic rings. The summed E-state index contributed by atoms with van der Waals surface area (Å²) in [6.45, 7) is 1.79. The summed E-state index contributed by atoms with van der Waals surface area (Å²) in [5, 5.41) is 3.77. The molecular formula is C19H21ClN2O2. The summed E-state index contributed by atoms with van der Waals surface area (Å²) in [6, 6.07) is 15.9. The van der Waals surface area contributed by atoms with E-state index in [4.69, 9.17) is 16.3 Å². The van der Waals surface area contributed by atoms with Gasteiger partial charge in [0, 0.05) is 19.6 Å². The summed E-state index contributed by atoms with van der Waals surface area (Å²) in [6.07, 6.45) is 0.981. The number of hydrogen-bond acceptors (Lipinski definition) is 3. The standard InChI is InChI=1S/C19H21ClN2O2/c1-22(16-9-10-21-12-16)19(23)13-24-18-8-7-15(11-17(18)20)14-5-3-2-4-6-14/h2-8,11,16,21H,9-10,12-13H2,1H3. The molecule has 2 aromatic carbocycles. The average molecular weight is 345 g/mol. The van der Waals surface area contributed by atoms with E-state index < -0.39 is 0 Å². The van der Waals surface area contributed by atoms with Gasteiger partial charge >= 0.3 is 0 Å². The lowest BCUT2D eigenvalue weighted by Crippen LogP contribution is -2.40. The molecule has 3 rings (SSSR count). The van der Waals surface area contributed by atoms with Crippen LogP contribution in [0.15, 0.2) is 48.5 Å². The molecule has 2 aromatic rings. The number of likely N-dealkylation sites (N-methyl/N-ethyl adjacent to an activating group) is 1. The molecule has 0 saturated carbocycles. The minimum Gasteiger partial charge on any atom is -0.482 e. The highest BCUT2D eigenvalue weighted by atomic mass is 35.5. The number of carbonyl (C=O) groups excluding carboxylic acids is 1. The van der Waals surface area contributed by atoms with Crippen molar-refractivity contribution in [2.45, 2.75) is 12.5 Å². The lowest BCUT2D eigenvalue weighted by molar-refractivity contribution is -0.133. The van der Waals surface area contributed by atoms with E-state index in [0.29, 0.717) is 10.8 Å². The zero-order valence-corrected chi connectivity index (χ0v) is 14.4. The van der Waals surface area contributed by atoms with E-state index in [1.54, 1.807) is 4.90 Å². The van der Waals surface area contributed by atoms with Crippen LogP contribution in [0.1, 0.15) is 6.42 Å². The van der Waals surface area contributed by atoms with E-state index in [0.717, 1.165) is 30.6 Å². The number of benzene rings is 2. The van der Waals surface area contributed by atoms with Gasteiger partial charge in [-0.25, -0.2) is 0 Å². The number of amides is 1. The maximum Gasteiger partial charge on any atom is 0.260 e. The molecule has 5 heteroatoms.